The van der Waals surface area contributed by atoms with Gasteiger partial charge >= 0.3 is 6.18 Å². The number of hydrogen-bond donors (Lipinski definition) is 2. The zero-order valence-electron chi connectivity index (χ0n) is 18.3. The lowest BCUT2D eigenvalue weighted by Crippen LogP contribution is -2.36. The van der Waals surface area contributed by atoms with Crippen molar-refractivity contribution in [1.82, 2.24) is 15.1 Å². The molecule has 34 heavy (non-hydrogen) atoms. The van der Waals surface area contributed by atoms with Gasteiger partial charge in [-0.05, 0) is 35.4 Å². The number of fused-ring (bicyclic) bond motifs is 1. The number of benzene rings is 2. The molecule has 2 atom stereocenters. The number of nitrogens with zero attached hydrogens (tertiary/aromatic N) is 2. The summed E-state index contributed by atoms with van der Waals surface area (Å²) in [4.78, 5) is 12.9. The Balaban J connectivity index is 1.64. The molecule has 2 heterocycles. The Morgan fingerprint density at radius 3 is 2.65 bits per heavy atom. The average molecular weight is 495 g/mol. The Kier molecular flexibility index (Phi) is 6.60. The Labute approximate surface area is 198 Å². The minimum Gasteiger partial charge on any atom is -0.493 e. The molecule has 0 saturated carbocycles. The maximum atomic E-state index is 13.9. The highest BCUT2D eigenvalue weighted by Gasteiger charge is 2.47. The van der Waals surface area contributed by atoms with Gasteiger partial charge in [0, 0.05) is 18.0 Å². The monoisotopic (exact) mass is 494 g/mol. The summed E-state index contributed by atoms with van der Waals surface area (Å²) >= 11 is 5.97. The first-order chi connectivity index (χ1) is 16.2. The molecule has 11 heteroatoms. The SMILES string of the molecule is COc1ccc([C@@H]2C[C@@H](C(F)(F)F)n3ncc(C(=O)NCc4cccc(Cl)c4)c3N2)cc1OC. The van der Waals surface area contributed by atoms with Crippen molar-refractivity contribution in [1.29, 1.82) is 0 Å². The molecule has 0 radical (unpaired) electrons. The summed E-state index contributed by atoms with van der Waals surface area (Å²) in [6.07, 6.45) is -3.73. The van der Waals surface area contributed by atoms with E-state index in [0.29, 0.717) is 22.1 Å². The maximum absolute atomic E-state index is 13.9. The summed E-state index contributed by atoms with van der Waals surface area (Å²) in [5.41, 5.74) is 1.33. The van der Waals surface area contributed by atoms with Crippen molar-refractivity contribution in [2.75, 3.05) is 19.5 Å². The van der Waals surface area contributed by atoms with Crippen LogP contribution in [0.4, 0.5) is 19.0 Å². The molecule has 1 aromatic heterocycles. The number of nitrogens with one attached hydrogen (secondary N) is 2. The minimum absolute atomic E-state index is 0.00282. The molecule has 1 aliphatic rings. The fraction of sp³-hybridized carbons (Fsp3) is 0.304. The highest BCUT2D eigenvalue weighted by atomic mass is 35.5. The number of rotatable bonds is 6. The lowest BCUT2D eigenvalue weighted by Gasteiger charge is -2.34. The highest BCUT2D eigenvalue weighted by Crippen LogP contribution is 2.45. The van der Waals surface area contributed by atoms with Gasteiger partial charge < -0.3 is 20.1 Å². The van der Waals surface area contributed by atoms with Crippen LogP contribution in [0.1, 0.15) is 40.0 Å². The van der Waals surface area contributed by atoms with Crippen molar-refractivity contribution >= 4 is 23.3 Å². The molecule has 1 aliphatic heterocycles. The van der Waals surface area contributed by atoms with Crippen LogP contribution in [0.3, 0.4) is 0 Å². The van der Waals surface area contributed by atoms with E-state index in [4.69, 9.17) is 21.1 Å². The molecular weight excluding hydrogens is 473 g/mol. The summed E-state index contributed by atoms with van der Waals surface area (Å²) in [5, 5.41) is 10.2. The van der Waals surface area contributed by atoms with Gasteiger partial charge in [-0.25, -0.2) is 4.68 Å². The number of carbonyl (C=O) groups excluding carboxylic acids is 1. The summed E-state index contributed by atoms with van der Waals surface area (Å²) in [5.74, 6) is 0.295. The molecule has 0 unspecified atom stereocenters. The van der Waals surface area contributed by atoms with Crippen molar-refractivity contribution < 1.29 is 27.4 Å². The van der Waals surface area contributed by atoms with Crippen LogP contribution in [-0.4, -0.2) is 36.1 Å². The smallest absolute Gasteiger partial charge is 0.410 e. The van der Waals surface area contributed by atoms with E-state index >= 15 is 0 Å². The zero-order valence-corrected chi connectivity index (χ0v) is 19.1. The molecule has 2 N–H and O–H groups in total. The average Bonchev–Trinajstić information content (AvgIpc) is 3.25. The predicted molar refractivity (Wildman–Crippen MR) is 120 cm³/mol. The van der Waals surface area contributed by atoms with E-state index in [1.807, 2.05) is 0 Å². The van der Waals surface area contributed by atoms with E-state index in [0.717, 1.165) is 16.4 Å². The van der Waals surface area contributed by atoms with Crippen LogP contribution in [0.2, 0.25) is 5.02 Å². The van der Waals surface area contributed by atoms with Gasteiger partial charge in [0.25, 0.3) is 5.91 Å². The summed E-state index contributed by atoms with van der Waals surface area (Å²) in [6.45, 7) is 0.159. The molecular formula is C23H22ClF3N4O3. The number of alkyl halides is 3. The van der Waals surface area contributed by atoms with Crippen LogP contribution in [0.25, 0.3) is 0 Å². The third kappa shape index (κ3) is 4.77. The largest absolute Gasteiger partial charge is 0.493 e. The van der Waals surface area contributed by atoms with Crippen molar-refractivity contribution in [2.45, 2.75) is 31.2 Å². The van der Waals surface area contributed by atoms with Crippen molar-refractivity contribution in [2.24, 2.45) is 0 Å². The van der Waals surface area contributed by atoms with Gasteiger partial charge in [0.1, 0.15) is 11.4 Å². The first-order valence-electron chi connectivity index (χ1n) is 10.4. The number of amides is 1. The summed E-state index contributed by atoms with van der Waals surface area (Å²) in [6, 6.07) is 9.19. The van der Waals surface area contributed by atoms with Crippen LogP contribution in [0, 0.1) is 0 Å². The molecule has 0 fully saturated rings. The molecule has 3 aromatic rings. The van der Waals surface area contributed by atoms with Gasteiger partial charge in [-0.3, -0.25) is 4.79 Å². The van der Waals surface area contributed by atoms with Gasteiger partial charge in [-0.1, -0.05) is 29.8 Å². The van der Waals surface area contributed by atoms with Crippen molar-refractivity contribution in [3.63, 3.8) is 0 Å². The second-order valence-electron chi connectivity index (χ2n) is 7.77. The lowest BCUT2D eigenvalue weighted by atomic mass is 9.96. The van der Waals surface area contributed by atoms with E-state index in [2.05, 4.69) is 15.7 Å². The van der Waals surface area contributed by atoms with Crippen LogP contribution < -0.4 is 20.1 Å². The van der Waals surface area contributed by atoms with Crippen LogP contribution in [0.5, 0.6) is 11.5 Å². The Bertz CT molecular complexity index is 1200. The lowest BCUT2D eigenvalue weighted by molar-refractivity contribution is -0.173. The van der Waals surface area contributed by atoms with E-state index in [9.17, 15) is 18.0 Å². The number of hydrogen-bond acceptors (Lipinski definition) is 5. The van der Waals surface area contributed by atoms with E-state index in [-0.39, 0.29) is 24.3 Å². The van der Waals surface area contributed by atoms with E-state index in [1.165, 1.54) is 14.2 Å². The molecule has 7 nitrogen and oxygen atoms in total. The summed E-state index contributed by atoms with van der Waals surface area (Å²) < 4.78 is 53.2. The first-order valence-corrected chi connectivity index (χ1v) is 10.7. The molecule has 180 valence electrons. The third-order valence-electron chi connectivity index (χ3n) is 5.64. The van der Waals surface area contributed by atoms with Gasteiger partial charge in [0.2, 0.25) is 0 Å². The van der Waals surface area contributed by atoms with Gasteiger partial charge in [0.05, 0.1) is 26.5 Å². The normalized spacial score (nSPS) is 17.5. The molecule has 1 amide bonds. The van der Waals surface area contributed by atoms with Crippen molar-refractivity contribution in [3.05, 3.63) is 70.4 Å². The number of halogens is 4. The van der Waals surface area contributed by atoms with Gasteiger partial charge in [-0.15, -0.1) is 0 Å². The highest BCUT2D eigenvalue weighted by molar-refractivity contribution is 6.30. The van der Waals surface area contributed by atoms with Crippen LogP contribution in [-0.2, 0) is 6.54 Å². The van der Waals surface area contributed by atoms with Crippen LogP contribution >= 0.6 is 11.6 Å². The Morgan fingerprint density at radius 1 is 1.21 bits per heavy atom. The van der Waals surface area contributed by atoms with E-state index in [1.54, 1.807) is 42.5 Å². The van der Waals surface area contributed by atoms with E-state index < -0.39 is 24.2 Å². The fourth-order valence-electron chi connectivity index (χ4n) is 3.94. The topological polar surface area (TPSA) is 77.4 Å². The predicted octanol–water partition coefficient (Wildman–Crippen LogP) is 5.14. The quantitative estimate of drug-likeness (QED) is 0.496. The number of anilines is 1. The molecule has 4 rings (SSSR count). The number of carbonyl (C=O) groups is 1. The molecule has 0 bridgehead atoms. The Morgan fingerprint density at radius 2 is 1.97 bits per heavy atom. The molecule has 0 saturated heterocycles. The Hall–Kier alpha value is -3.40. The number of aromatic nitrogens is 2. The zero-order chi connectivity index (χ0) is 24.5. The standard InChI is InChI=1S/C23H22ClF3N4O3/c1-33-18-7-6-14(9-19(18)34-2)17-10-20(23(25,26)27)31-21(30-17)16(12-29-31)22(32)28-11-13-4-3-5-15(24)8-13/h3-9,12,17,20,30H,10-11H2,1-2H3,(H,28,32)/t17-,20-/m0/s1. The van der Waals surface area contributed by atoms with Gasteiger partial charge in [-0.2, -0.15) is 18.3 Å². The fourth-order valence-corrected chi connectivity index (χ4v) is 4.15. The molecule has 2 aromatic carbocycles. The second kappa shape index (κ2) is 9.46. The number of ether oxygens (including phenoxy) is 2. The summed E-state index contributed by atoms with van der Waals surface area (Å²) in [7, 11) is 2.93. The second-order valence-corrected chi connectivity index (χ2v) is 8.20. The molecule has 0 spiro atoms. The van der Waals surface area contributed by atoms with Gasteiger partial charge in [0.15, 0.2) is 17.5 Å². The first kappa shape index (κ1) is 23.7. The third-order valence-corrected chi connectivity index (χ3v) is 5.87. The number of methoxy groups -OCH3 is 2. The molecule has 0 aliphatic carbocycles. The van der Waals surface area contributed by atoms with Crippen molar-refractivity contribution in [3.8, 4) is 11.5 Å². The maximum Gasteiger partial charge on any atom is 0.410 e. The minimum atomic E-state index is -4.56. The van der Waals surface area contributed by atoms with Crippen LogP contribution in [0.15, 0.2) is 48.7 Å².